The Morgan fingerprint density at radius 2 is 1.85 bits per heavy atom. The van der Waals surface area contributed by atoms with E-state index < -0.39 is 12.1 Å². The quantitative estimate of drug-likeness (QED) is 0.441. The number of morpholine rings is 1. The highest BCUT2D eigenvalue weighted by Crippen LogP contribution is 2.27. The molecule has 2 aliphatic heterocycles. The fourth-order valence-electron chi connectivity index (χ4n) is 5.46. The molecule has 0 saturated carbocycles. The first-order valence-corrected chi connectivity index (χ1v) is 13.9. The van der Waals surface area contributed by atoms with Crippen LogP contribution in [0.4, 0.5) is 13.2 Å². The molecule has 5 rings (SSSR count). The normalized spacial score (nSPS) is 17.1. The Morgan fingerprint density at radius 3 is 2.59 bits per heavy atom. The van der Waals surface area contributed by atoms with Gasteiger partial charge in [0, 0.05) is 68.5 Å². The molecule has 41 heavy (non-hydrogen) atoms. The van der Waals surface area contributed by atoms with Gasteiger partial charge < -0.3 is 19.7 Å². The number of carbonyl (C=O) groups excluding carboxylic acids is 2. The van der Waals surface area contributed by atoms with Crippen LogP contribution in [0.1, 0.15) is 39.1 Å². The molecular formula is C29H34F3N5O4. The third kappa shape index (κ3) is 7.36. The highest BCUT2D eigenvalue weighted by Gasteiger charge is 2.32. The molecule has 0 unspecified atom stereocenters. The number of carbonyl (C=O) groups is 2. The van der Waals surface area contributed by atoms with Crippen molar-refractivity contribution in [1.82, 2.24) is 24.9 Å². The molecule has 3 heterocycles. The molecule has 2 saturated heterocycles. The van der Waals surface area contributed by atoms with Crippen molar-refractivity contribution in [3.05, 3.63) is 59.3 Å². The van der Waals surface area contributed by atoms with Crippen LogP contribution in [0, 0.1) is 12.8 Å². The number of hydrogen-bond donors (Lipinski definition) is 1. The van der Waals surface area contributed by atoms with Gasteiger partial charge in [0.15, 0.2) is 0 Å². The van der Waals surface area contributed by atoms with Gasteiger partial charge in [-0.3, -0.25) is 19.2 Å². The van der Waals surface area contributed by atoms with E-state index in [2.05, 4.69) is 15.0 Å². The Kier molecular flexibility index (Phi) is 8.79. The van der Waals surface area contributed by atoms with Crippen LogP contribution in [-0.4, -0.2) is 90.2 Å². The van der Waals surface area contributed by atoms with Gasteiger partial charge in [0.1, 0.15) is 5.75 Å². The lowest BCUT2D eigenvalue weighted by Crippen LogP contribution is -2.41. The number of likely N-dealkylation sites (tertiary alicyclic amines) is 1. The number of amides is 2. The summed E-state index contributed by atoms with van der Waals surface area (Å²) in [6.07, 6.45) is -1.35. The SMILES string of the molecule is Cc1c(C(=O)NCCN2CCOCC2)ccc2nn(CC3CCN(C(=O)c4cccc(OC(F)(F)F)c4)CC3)cc12. The van der Waals surface area contributed by atoms with Gasteiger partial charge in [-0.25, -0.2) is 0 Å². The van der Waals surface area contributed by atoms with Crippen molar-refractivity contribution in [2.45, 2.75) is 32.7 Å². The first-order valence-electron chi connectivity index (χ1n) is 13.9. The molecule has 1 aromatic heterocycles. The van der Waals surface area contributed by atoms with Crippen molar-refractivity contribution < 1.29 is 32.2 Å². The van der Waals surface area contributed by atoms with Gasteiger partial charge >= 0.3 is 6.36 Å². The summed E-state index contributed by atoms with van der Waals surface area (Å²) in [7, 11) is 0. The lowest BCUT2D eigenvalue weighted by Gasteiger charge is -2.32. The van der Waals surface area contributed by atoms with E-state index in [-0.39, 0.29) is 23.3 Å². The molecule has 220 valence electrons. The molecule has 2 fully saturated rings. The van der Waals surface area contributed by atoms with E-state index in [1.54, 1.807) is 4.90 Å². The second kappa shape index (κ2) is 12.5. The number of nitrogens with zero attached hydrogens (tertiary/aromatic N) is 4. The van der Waals surface area contributed by atoms with Crippen LogP contribution in [0.25, 0.3) is 10.9 Å². The zero-order valence-electron chi connectivity index (χ0n) is 23.0. The summed E-state index contributed by atoms with van der Waals surface area (Å²) < 4.78 is 48.9. The Hall–Kier alpha value is -3.64. The molecule has 3 aromatic rings. The number of aromatic nitrogens is 2. The molecule has 0 spiro atoms. The maximum atomic E-state index is 12.9. The fraction of sp³-hybridized carbons (Fsp3) is 0.483. The molecule has 2 aliphatic rings. The number of hydrogen-bond acceptors (Lipinski definition) is 6. The number of nitrogens with one attached hydrogen (secondary N) is 1. The summed E-state index contributed by atoms with van der Waals surface area (Å²) in [6, 6.07) is 8.86. The minimum absolute atomic E-state index is 0.0991. The third-order valence-electron chi connectivity index (χ3n) is 7.73. The maximum absolute atomic E-state index is 12.9. The minimum Gasteiger partial charge on any atom is -0.406 e. The van der Waals surface area contributed by atoms with Crippen LogP contribution in [0.5, 0.6) is 5.75 Å². The second-order valence-electron chi connectivity index (χ2n) is 10.5. The van der Waals surface area contributed by atoms with Gasteiger partial charge in [0.05, 0.1) is 18.7 Å². The number of aryl methyl sites for hydroxylation is 1. The molecule has 0 aliphatic carbocycles. The van der Waals surface area contributed by atoms with Gasteiger partial charge in [-0.2, -0.15) is 5.10 Å². The summed E-state index contributed by atoms with van der Waals surface area (Å²) in [5, 5.41) is 8.67. The topological polar surface area (TPSA) is 88.9 Å². The fourth-order valence-corrected chi connectivity index (χ4v) is 5.46. The smallest absolute Gasteiger partial charge is 0.406 e. The molecule has 0 atom stereocenters. The van der Waals surface area contributed by atoms with E-state index >= 15 is 0 Å². The average Bonchev–Trinajstić information content (AvgIpc) is 3.36. The molecule has 0 bridgehead atoms. The first kappa shape index (κ1) is 28.9. The van der Waals surface area contributed by atoms with E-state index in [0.717, 1.165) is 68.2 Å². The minimum atomic E-state index is -4.81. The summed E-state index contributed by atoms with van der Waals surface area (Å²) in [4.78, 5) is 29.7. The number of benzene rings is 2. The van der Waals surface area contributed by atoms with Gasteiger partial charge in [-0.05, 0) is 61.6 Å². The molecule has 2 aromatic carbocycles. The van der Waals surface area contributed by atoms with Gasteiger partial charge in [0.2, 0.25) is 0 Å². The van der Waals surface area contributed by atoms with Crippen LogP contribution in [0.3, 0.4) is 0 Å². The predicted octanol–water partition coefficient (Wildman–Crippen LogP) is 3.86. The number of piperidine rings is 1. The molecular weight excluding hydrogens is 539 g/mol. The van der Waals surface area contributed by atoms with Crippen molar-refractivity contribution in [1.29, 1.82) is 0 Å². The number of fused-ring (bicyclic) bond motifs is 1. The molecule has 0 radical (unpaired) electrons. The van der Waals surface area contributed by atoms with Crippen LogP contribution in [0.15, 0.2) is 42.6 Å². The molecule has 1 N–H and O–H groups in total. The molecule has 9 nitrogen and oxygen atoms in total. The van der Waals surface area contributed by atoms with Gasteiger partial charge in [0.25, 0.3) is 11.8 Å². The van der Waals surface area contributed by atoms with Crippen LogP contribution < -0.4 is 10.1 Å². The average molecular weight is 574 g/mol. The summed E-state index contributed by atoms with van der Waals surface area (Å²) >= 11 is 0. The van der Waals surface area contributed by atoms with E-state index in [0.29, 0.717) is 31.7 Å². The third-order valence-corrected chi connectivity index (χ3v) is 7.73. The highest BCUT2D eigenvalue weighted by molar-refractivity contribution is 6.00. The Morgan fingerprint density at radius 1 is 1.10 bits per heavy atom. The summed E-state index contributed by atoms with van der Waals surface area (Å²) in [6.45, 7) is 8.18. The largest absolute Gasteiger partial charge is 0.573 e. The Bertz CT molecular complexity index is 1380. The van der Waals surface area contributed by atoms with E-state index in [4.69, 9.17) is 9.84 Å². The Balaban J connectivity index is 1.15. The number of ether oxygens (including phenoxy) is 2. The van der Waals surface area contributed by atoms with Crippen LogP contribution in [-0.2, 0) is 11.3 Å². The Labute approximate surface area is 236 Å². The van der Waals surface area contributed by atoms with E-state index in [1.165, 1.54) is 18.2 Å². The van der Waals surface area contributed by atoms with Crippen molar-refractivity contribution in [2.24, 2.45) is 5.92 Å². The van der Waals surface area contributed by atoms with Crippen LogP contribution >= 0.6 is 0 Å². The molecule has 12 heteroatoms. The molecule has 2 amide bonds. The van der Waals surface area contributed by atoms with E-state index in [1.807, 2.05) is 29.9 Å². The number of rotatable bonds is 8. The summed E-state index contributed by atoms with van der Waals surface area (Å²) in [5.41, 5.74) is 2.51. The van der Waals surface area contributed by atoms with Gasteiger partial charge in [-0.1, -0.05) is 6.07 Å². The lowest BCUT2D eigenvalue weighted by molar-refractivity contribution is -0.274. The lowest BCUT2D eigenvalue weighted by atomic mass is 9.96. The van der Waals surface area contributed by atoms with E-state index in [9.17, 15) is 22.8 Å². The van der Waals surface area contributed by atoms with Crippen LogP contribution in [0.2, 0.25) is 0 Å². The van der Waals surface area contributed by atoms with Crippen molar-refractivity contribution in [3.63, 3.8) is 0 Å². The zero-order valence-corrected chi connectivity index (χ0v) is 23.0. The van der Waals surface area contributed by atoms with Crippen molar-refractivity contribution in [2.75, 3.05) is 52.5 Å². The van der Waals surface area contributed by atoms with Gasteiger partial charge in [-0.15, -0.1) is 13.2 Å². The van der Waals surface area contributed by atoms with Crippen molar-refractivity contribution in [3.8, 4) is 5.75 Å². The number of alkyl halides is 3. The maximum Gasteiger partial charge on any atom is 0.573 e. The zero-order chi connectivity index (χ0) is 29.0. The standard InChI is InChI=1S/C29H34F3N5O4/c1-20-24(27(38)33-9-12-35-13-15-40-16-14-35)5-6-26-25(20)19-37(34-26)18-21-7-10-36(11-8-21)28(39)22-3-2-4-23(17-22)41-29(30,31)32/h2-6,17,19,21H,7-16,18H2,1H3,(H,33,38). The van der Waals surface area contributed by atoms with Crippen molar-refractivity contribution >= 4 is 22.7 Å². The number of halogens is 3. The summed E-state index contributed by atoms with van der Waals surface area (Å²) in [5.74, 6) is -0.533. The highest BCUT2D eigenvalue weighted by atomic mass is 19.4. The monoisotopic (exact) mass is 573 g/mol. The first-order chi connectivity index (χ1) is 19.7. The second-order valence-corrected chi connectivity index (χ2v) is 10.5. The predicted molar refractivity (Wildman–Crippen MR) is 146 cm³/mol.